The van der Waals surface area contributed by atoms with Crippen LogP contribution in [0.3, 0.4) is 0 Å². The zero-order chi connectivity index (χ0) is 17.8. The summed E-state index contributed by atoms with van der Waals surface area (Å²) in [6, 6.07) is 9.00. The van der Waals surface area contributed by atoms with Crippen molar-refractivity contribution >= 4 is 11.8 Å². The lowest BCUT2D eigenvalue weighted by atomic mass is 10.1. The first-order chi connectivity index (χ1) is 12.1. The van der Waals surface area contributed by atoms with Crippen molar-refractivity contribution in [3.8, 4) is 5.75 Å². The number of rotatable bonds is 4. The SMILES string of the molecule is COc1cccc(C(=O)N2CCN(C(=O)Cn3nccc3C)CC2)c1. The van der Waals surface area contributed by atoms with E-state index in [1.165, 1.54) is 0 Å². The van der Waals surface area contributed by atoms with Crippen LogP contribution < -0.4 is 4.74 Å². The summed E-state index contributed by atoms with van der Waals surface area (Å²) in [4.78, 5) is 28.6. The molecule has 0 spiro atoms. The summed E-state index contributed by atoms with van der Waals surface area (Å²) in [5, 5.41) is 4.14. The molecule has 0 unspecified atom stereocenters. The van der Waals surface area contributed by atoms with Gasteiger partial charge in [-0.25, -0.2) is 0 Å². The van der Waals surface area contributed by atoms with Gasteiger partial charge < -0.3 is 14.5 Å². The Morgan fingerprint density at radius 3 is 2.48 bits per heavy atom. The van der Waals surface area contributed by atoms with E-state index in [0.29, 0.717) is 37.5 Å². The predicted molar refractivity (Wildman–Crippen MR) is 92.4 cm³/mol. The van der Waals surface area contributed by atoms with Crippen LogP contribution in [0.2, 0.25) is 0 Å². The number of carbonyl (C=O) groups is 2. The molecule has 132 valence electrons. The Bertz CT molecular complexity index is 763. The smallest absolute Gasteiger partial charge is 0.254 e. The van der Waals surface area contributed by atoms with Gasteiger partial charge in [-0.1, -0.05) is 6.07 Å². The van der Waals surface area contributed by atoms with E-state index in [1.807, 2.05) is 19.1 Å². The topological polar surface area (TPSA) is 67.7 Å². The largest absolute Gasteiger partial charge is 0.497 e. The van der Waals surface area contributed by atoms with Crippen molar-refractivity contribution in [2.75, 3.05) is 33.3 Å². The third-order valence-corrected chi connectivity index (χ3v) is 4.45. The predicted octanol–water partition coefficient (Wildman–Crippen LogP) is 1.18. The fourth-order valence-corrected chi connectivity index (χ4v) is 2.89. The van der Waals surface area contributed by atoms with Crippen LogP contribution in [0.15, 0.2) is 36.5 Å². The van der Waals surface area contributed by atoms with E-state index < -0.39 is 0 Å². The summed E-state index contributed by atoms with van der Waals surface area (Å²) >= 11 is 0. The van der Waals surface area contributed by atoms with Crippen LogP contribution >= 0.6 is 0 Å². The Balaban J connectivity index is 1.57. The van der Waals surface area contributed by atoms with Gasteiger partial charge in [0.15, 0.2) is 0 Å². The number of amides is 2. The molecule has 0 radical (unpaired) electrons. The average Bonchev–Trinajstić information content (AvgIpc) is 3.06. The maximum absolute atomic E-state index is 12.6. The quantitative estimate of drug-likeness (QED) is 0.837. The molecule has 7 heteroatoms. The highest BCUT2D eigenvalue weighted by atomic mass is 16.5. The van der Waals surface area contributed by atoms with Gasteiger partial charge in [-0.05, 0) is 31.2 Å². The molecule has 0 N–H and O–H groups in total. The molecule has 1 aromatic carbocycles. The summed E-state index contributed by atoms with van der Waals surface area (Å²) in [6.07, 6.45) is 1.69. The molecule has 0 aliphatic carbocycles. The first kappa shape index (κ1) is 17.0. The maximum atomic E-state index is 12.6. The minimum atomic E-state index is -0.0334. The van der Waals surface area contributed by atoms with Crippen LogP contribution in [-0.2, 0) is 11.3 Å². The molecule has 1 aromatic heterocycles. The molecule has 0 saturated carbocycles. The number of hydrogen-bond donors (Lipinski definition) is 0. The van der Waals surface area contributed by atoms with Crippen molar-refractivity contribution in [2.45, 2.75) is 13.5 Å². The molecule has 2 heterocycles. The monoisotopic (exact) mass is 342 g/mol. The Hall–Kier alpha value is -2.83. The molecule has 2 amide bonds. The Morgan fingerprint density at radius 2 is 1.84 bits per heavy atom. The first-order valence-corrected chi connectivity index (χ1v) is 8.28. The fourth-order valence-electron chi connectivity index (χ4n) is 2.89. The summed E-state index contributed by atoms with van der Waals surface area (Å²) < 4.78 is 6.86. The minimum Gasteiger partial charge on any atom is -0.497 e. The van der Waals surface area contributed by atoms with Crippen molar-refractivity contribution in [1.82, 2.24) is 19.6 Å². The Labute approximate surface area is 146 Å². The zero-order valence-corrected chi connectivity index (χ0v) is 14.5. The van der Waals surface area contributed by atoms with Crippen LogP contribution in [0.25, 0.3) is 0 Å². The highest BCUT2D eigenvalue weighted by Crippen LogP contribution is 2.15. The number of carbonyl (C=O) groups excluding carboxylic acids is 2. The van der Waals surface area contributed by atoms with Crippen molar-refractivity contribution in [2.24, 2.45) is 0 Å². The number of ether oxygens (including phenoxy) is 1. The van der Waals surface area contributed by atoms with Gasteiger partial charge in [0.2, 0.25) is 5.91 Å². The number of aromatic nitrogens is 2. The highest BCUT2D eigenvalue weighted by Gasteiger charge is 2.25. The standard InChI is InChI=1S/C18H22N4O3/c1-14-6-7-19-22(14)13-17(23)20-8-10-21(11-9-20)18(24)15-4-3-5-16(12-15)25-2/h3-7,12H,8-11,13H2,1-2H3. The van der Waals surface area contributed by atoms with Crippen molar-refractivity contribution < 1.29 is 14.3 Å². The molecule has 7 nitrogen and oxygen atoms in total. The van der Waals surface area contributed by atoms with Gasteiger partial charge >= 0.3 is 0 Å². The van der Waals surface area contributed by atoms with Gasteiger partial charge in [-0.2, -0.15) is 5.10 Å². The zero-order valence-electron chi connectivity index (χ0n) is 14.5. The number of piperazine rings is 1. The Morgan fingerprint density at radius 1 is 1.12 bits per heavy atom. The third-order valence-electron chi connectivity index (χ3n) is 4.45. The number of hydrogen-bond acceptors (Lipinski definition) is 4. The normalized spacial score (nSPS) is 14.5. The van der Waals surface area contributed by atoms with Gasteiger partial charge in [-0.15, -0.1) is 0 Å². The molecule has 0 bridgehead atoms. The third kappa shape index (κ3) is 3.81. The first-order valence-electron chi connectivity index (χ1n) is 8.28. The molecule has 0 atom stereocenters. The maximum Gasteiger partial charge on any atom is 0.254 e. The van der Waals surface area contributed by atoms with E-state index in [0.717, 1.165) is 5.69 Å². The van der Waals surface area contributed by atoms with Gasteiger partial charge in [0.05, 0.1) is 7.11 Å². The van der Waals surface area contributed by atoms with Gasteiger partial charge in [0.1, 0.15) is 12.3 Å². The lowest BCUT2D eigenvalue weighted by Gasteiger charge is -2.35. The number of aryl methyl sites for hydroxylation is 1. The lowest BCUT2D eigenvalue weighted by Crippen LogP contribution is -2.51. The van der Waals surface area contributed by atoms with Gasteiger partial charge in [0, 0.05) is 43.6 Å². The van der Waals surface area contributed by atoms with E-state index in [4.69, 9.17) is 4.74 Å². The average molecular weight is 342 g/mol. The van der Waals surface area contributed by atoms with Crippen LogP contribution in [-0.4, -0.2) is 64.7 Å². The fraction of sp³-hybridized carbons (Fsp3) is 0.389. The van der Waals surface area contributed by atoms with Gasteiger partial charge in [-0.3, -0.25) is 14.3 Å². The van der Waals surface area contributed by atoms with Crippen molar-refractivity contribution in [1.29, 1.82) is 0 Å². The molecule has 2 aromatic rings. The second-order valence-corrected chi connectivity index (χ2v) is 6.04. The second kappa shape index (κ2) is 7.38. The summed E-state index contributed by atoms with van der Waals surface area (Å²) in [5.41, 5.74) is 1.56. The van der Waals surface area contributed by atoms with Crippen LogP contribution in [0.4, 0.5) is 0 Å². The summed E-state index contributed by atoms with van der Waals surface area (Å²) in [7, 11) is 1.58. The molecule has 1 aliphatic heterocycles. The van der Waals surface area contributed by atoms with E-state index in [-0.39, 0.29) is 18.4 Å². The van der Waals surface area contributed by atoms with E-state index >= 15 is 0 Å². The molecular formula is C18H22N4O3. The second-order valence-electron chi connectivity index (χ2n) is 6.04. The molecule has 1 saturated heterocycles. The van der Waals surface area contributed by atoms with Crippen LogP contribution in [0.5, 0.6) is 5.75 Å². The molecule has 3 rings (SSSR count). The lowest BCUT2D eigenvalue weighted by molar-refractivity contribution is -0.133. The Kier molecular flexibility index (Phi) is 5.02. The summed E-state index contributed by atoms with van der Waals surface area (Å²) in [6.45, 7) is 4.29. The number of benzene rings is 1. The highest BCUT2D eigenvalue weighted by molar-refractivity contribution is 5.94. The molecular weight excluding hydrogens is 320 g/mol. The molecule has 25 heavy (non-hydrogen) atoms. The molecule has 1 fully saturated rings. The van der Waals surface area contributed by atoms with E-state index in [9.17, 15) is 9.59 Å². The van der Waals surface area contributed by atoms with Crippen molar-refractivity contribution in [3.63, 3.8) is 0 Å². The number of nitrogens with zero attached hydrogens (tertiary/aromatic N) is 4. The number of methoxy groups -OCH3 is 1. The molecule has 1 aliphatic rings. The van der Waals surface area contributed by atoms with Gasteiger partial charge in [0.25, 0.3) is 5.91 Å². The van der Waals surface area contributed by atoms with E-state index in [2.05, 4.69) is 5.10 Å². The van der Waals surface area contributed by atoms with Crippen molar-refractivity contribution in [3.05, 3.63) is 47.8 Å². The summed E-state index contributed by atoms with van der Waals surface area (Å²) in [5.74, 6) is 0.656. The van der Waals surface area contributed by atoms with Crippen LogP contribution in [0, 0.1) is 6.92 Å². The minimum absolute atomic E-state index is 0.0280. The van der Waals surface area contributed by atoms with Crippen LogP contribution in [0.1, 0.15) is 16.1 Å². The van der Waals surface area contributed by atoms with E-state index in [1.54, 1.807) is 46.0 Å².